The summed E-state index contributed by atoms with van der Waals surface area (Å²) in [6.07, 6.45) is 4.04. The van der Waals surface area contributed by atoms with Gasteiger partial charge in [0.05, 0.1) is 13.0 Å². The van der Waals surface area contributed by atoms with Crippen molar-refractivity contribution < 1.29 is 9.53 Å². The van der Waals surface area contributed by atoms with Gasteiger partial charge < -0.3 is 4.74 Å². The number of ether oxygens (including phenoxy) is 1. The van der Waals surface area contributed by atoms with E-state index in [1.165, 1.54) is 11.1 Å². The van der Waals surface area contributed by atoms with Crippen LogP contribution in [0.25, 0.3) is 0 Å². The fraction of sp³-hybridized carbons (Fsp3) is 0.611. The maximum atomic E-state index is 12.1. The van der Waals surface area contributed by atoms with Gasteiger partial charge in [-0.15, -0.1) is 0 Å². The molecule has 0 unspecified atom stereocenters. The summed E-state index contributed by atoms with van der Waals surface area (Å²) in [4.78, 5) is 14.6. The van der Waals surface area contributed by atoms with Crippen molar-refractivity contribution in [1.82, 2.24) is 10.3 Å². The third-order valence-corrected chi connectivity index (χ3v) is 5.42. The molecular weight excluding hydrogens is 290 g/mol. The maximum absolute atomic E-state index is 12.1. The van der Waals surface area contributed by atoms with Crippen LogP contribution in [0.2, 0.25) is 0 Å². The van der Waals surface area contributed by atoms with E-state index in [-0.39, 0.29) is 11.8 Å². The molecule has 1 aromatic carbocycles. The zero-order valence-corrected chi connectivity index (χ0v) is 14.0. The molecule has 1 heterocycles. The number of methoxy groups -OCH3 is 1. The maximum Gasteiger partial charge on any atom is 0.238 e. The number of rotatable bonds is 4. The second kappa shape index (κ2) is 6.89. The van der Waals surface area contributed by atoms with Crippen molar-refractivity contribution in [3.05, 3.63) is 29.3 Å². The standard InChI is InChI=1S/C18H27N3O2/c1-3-7-21-11-14(18(22)20-19)8-13-9-15-12(10-16(13)21)5-4-6-17(15)23-2/h4-6,13-14,16H,3,7-11,19H2,1-2H3,(H,20,22)/t13-,14+,16-/m1/s1. The van der Waals surface area contributed by atoms with E-state index >= 15 is 0 Å². The first kappa shape index (κ1) is 16.3. The number of fused-ring (bicyclic) bond motifs is 2. The highest BCUT2D eigenvalue weighted by atomic mass is 16.5. The molecule has 1 aromatic rings. The van der Waals surface area contributed by atoms with Gasteiger partial charge in [-0.05, 0) is 55.3 Å². The van der Waals surface area contributed by atoms with Gasteiger partial charge in [0.1, 0.15) is 5.75 Å². The van der Waals surface area contributed by atoms with Gasteiger partial charge in [-0.25, -0.2) is 5.84 Å². The van der Waals surface area contributed by atoms with Crippen molar-refractivity contribution in [3.8, 4) is 5.75 Å². The minimum absolute atomic E-state index is 0.0101. The molecule has 1 amide bonds. The number of nitrogens with zero attached hydrogens (tertiary/aromatic N) is 1. The van der Waals surface area contributed by atoms with Gasteiger partial charge in [-0.3, -0.25) is 15.1 Å². The molecule has 3 rings (SSSR count). The van der Waals surface area contributed by atoms with E-state index in [4.69, 9.17) is 10.6 Å². The van der Waals surface area contributed by atoms with Gasteiger partial charge in [0.15, 0.2) is 0 Å². The lowest BCUT2D eigenvalue weighted by Gasteiger charge is -2.47. The molecular formula is C18H27N3O2. The summed E-state index contributed by atoms with van der Waals surface area (Å²) in [7, 11) is 1.73. The van der Waals surface area contributed by atoms with E-state index in [0.717, 1.165) is 44.5 Å². The quantitative estimate of drug-likeness (QED) is 0.502. The van der Waals surface area contributed by atoms with Gasteiger partial charge in [-0.1, -0.05) is 19.1 Å². The molecule has 23 heavy (non-hydrogen) atoms. The monoisotopic (exact) mass is 317 g/mol. The lowest BCUT2D eigenvalue weighted by atomic mass is 9.72. The molecule has 2 aliphatic rings. The van der Waals surface area contributed by atoms with E-state index in [9.17, 15) is 4.79 Å². The Morgan fingerprint density at radius 2 is 2.26 bits per heavy atom. The highest BCUT2D eigenvalue weighted by Crippen LogP contribution is 2.40. The number of hydrazine groups is 1. The molecule has 0 bridgehead atoms. The third-order valence-electron chi connectivity index (χ3n) is 5.42. The van der Waals surface area contributed by atoms with Crippen molar-refractivity contribution in [3.63, 3.8) is 0 Å². The Labute approximate surface area is 138 Å². The van der Waals surface area contributed by atoms with Crippen molar-refractivity contribution in [2.24, 2.45) is 17.7 Å². The Morgan fingerprint density at radius 1 is 1.43 bits per heavy atom. The normalized spacial score (nSPS) is 27.0. The average molecular weight is 317 g/mol. The molecule has 1 fully saturated rings. The molecule has 0 saturated carbocycles. The van der Waals surface area contributed by atoms with Crippen LogP contribution in [-0.2, 0) is 17.6 Å². The number of likely N-dealkylation sites (tertiary alicyclic amines) is 1. The van der Waals surface area contributed by atoms with Crippen LogP contribution in [0.1, 0.15) is 30.9 Å². The molecule has 5 heteroatoms. The predicted molar refractivity (Wildman–Crippen MR) is 90.0 cm³/mol. The molecule has 3 N–H and O–H groups in total. The van der Waals surface area contributed by atoms with Crippen LogP contribution >= 0.6 is 0 Å². The highest BCUT2D eigenvalue weighted by molar-refractivity contribution is 5.78. The Balaban J connectivity index is 1.89. The smallest absolute Gasteiger partial charge is 0.238 e. The zero-order chi connectivity index (χ0) is 16.4. The minimum atomic E-state index is -0.0321. The van der Waals surface area contributed by atoms with E-state index in [2.05, 4.69) is 29.4 Å². The number of amides is 1. The molecule has 3 atom stereocenters. The SMILES string of the molecule is CCCN1C[C@@H](C(=O)NN)C[C@@H]2Cc3c(cccc3OC)C[C@H]21. The van der Waals surface area contributed by atoms with Crippen molar-refractivity contribution in [2.45, 2.75) is 38.6 Å². The summed E-state index contributed by atoms with van der Waals surface area (Å²) in [6.45, 7) is 4.05. The molecule has 0 spiro atoms. The first-order valence-corrected chi connectivity index (χ1v) is 8.57. The van der Waals surface area contributed by atoms with Gasteiger partial charge in [0.25, 0.3) is 0 Å². The molecule has 1 aliphatic carbocycles. The predicted octanol–water partition coefficient (Wildman–Crippen LogP) is 1.50. The van der Waals surface area contributed by atoms with Gasteiger partial charge in [-0.2, -0.15) is 0 Å². The summed E-state index contributed by atoms with van der Waals surface area (Å²) in [5, 5.41) is 0. The number of piperidine rings is 1. The topological polar surface area (TPSA) is 67.6 Å². The van der Waals surface area contributed by atoms with E-state index in [0.29, 0.717) is 12.0 Å². The number of nitrogens with two attached hydrogens (primary N) is 1. The fourth-order valence-electron chi connectivity index (χ4n) is 4.39. The van der Waals surface area contributed by atoms with Crippen LogP contribution in [0, 0.1) is 11.8 Å². The number of hydrogen-bond acceptors (Lipinski definition) is 4. The van der Waals surface area contributed by atoms with Gasteiger partial charge in [0, 0.05) is 12.6 Å². The van der Waals surface area contributed by atoms with Crippen LogP contribution in [0.3, 0.4) is 0 Å². The van der Waals surface area contributed by atoms with Crippen LogP contribution in [0.15, 0.2) is 18.2 Å². The number of carbonyl (C=O) groups excluding carboxylic acids is 1. The van der Waals surface area contributed by atoms with E-state index < -0.39 is 0 Å². The summed E-state index contributed by atoms with van der Waals surface area (Å²) < 4.78 is 5.55. The van der Waals surface area contributed by atoms with Gasteiger partial charge in [0.2, 0.25) is 5.91 Å². The number of benzene rings is 1. The Morgan fingerprint density at radius 3 is 2.96 bits per heavy atom. The number of hydrogen-bond donors (Lipinski definition) is 2. The average Bonchev–Trinajstić information content (AvgIpc) is 2.59. The summed E-state index contributed by atoms with van der Waals surface area (Å²) >= 11 is 0. The zero-order valence-electron chi connectivity index (χ0n) is 14.0. The van der Waals surface area contributed by atoms with Crippen LogP contribution in [0.4, 0.5) is 0 Å². The second-order valence-electron chi connectivity index (χ2n) is 6.77. The molecule has 0 aromatic heterocycles. The second-order valence-corrected chi connectivity index (χ2v) is 6.77. The molecule has 5 nitrogen and oxygen atoms in total. The van der Waals surface area contributed by atoms with Crippen LogP contribution in [-0.4, -0.2) is 37.0 Å². The summed E-state index contributed by atoms with van der Waals surface area (Å²) in [5.74, 6) is 6.80. The van der Waals surface area contributed by atoms with Crippen molar-refractivity contribution in [2.75, 3.05) is 20.2 Å². The van der Waals surface area contributed by atoms with Crippen molar-refractivity contribution >= 4 is 5.91 Å². The summed E-state index contributed by atoms with van der Waals surface area (Å²) in [6, 6.07) is 6.86. The Bertz CT molecular complexity index is 575. The first-order chi connectivity index (χ1) is 11.2. The lowest BCUT2D eigenvalue weighted by Crippen LogP contribution is -2.55. The van der Waals surface area contributed by atoms with E-state index in [1.807, 2.05) is 6.07 Å². The lowest BCUT2D eigenvalue weighted by molar-refractivity contribution is -0.128. The highest BCUT2D eigenvalue weighted by Gasteiger charge is 2.41. The fourth-order valence-corrected chi connectivity index (χ4v) is 4.39. The third kappa shape index (κ3) is 3.08. The van der Waals surface area contributed by atoms with Gasteiger partial charge >= 0.3 is 0 Å². The summed E-state index contributed by atoms with van der Waals surface area (Å²) in [5.41, 5.74) is 5.06. The Kier molecular flexibility index (Phi) is 4.87. The number of nitrogens with one attached hydrogen (secondary N) is 1. The Hall–Kier alpha value is -1.59. The molecule has 1 aliphatic heterocycles. The van der Waals surface area contributed by atoms with Crippen LogP contribution in [0.5, 0.6) is 5.75 Å². The minimum Gasteiger partial charge on any atom is -0.496 e. The van der Waals surface area contributed by atoms with E-state index in [1.54, 1.807) is 7.11 Å². The molecule has 0 radical (unpaired) electrons. The first-order valence-electron chi connectivity index (χ1n) is 8.57. The van der Waals surface area contributed by atoms with Crippen molar-refractivity contribution in [1.29, 1.82) is 0 Å². The van der Waals surface area contributed by atoms with Crippen LogP contribution < -0.4 is 16.0 Å². The molecule has 126 valence electrons. The number of carbonyl (C=O) groups is 1. The largest absolute Gasteiger partial charge is 0.496 e. The molecule has 1 saturated heterocycles.